The van der Waals surface area contributed by atoms with E-state index in [0.29, 0.717) is 19.7 Å². The van der Waals surface area contributed by atoms with Gasteiger partial charge in [0.1, 0.15) is 0 Å². The largest absolute Gasteiger partial charge is 0.376 e. The Balaban J connectivity index is 1.88. The number of urea groups is 1. The van der Waals surface area contributed by atoms with Gasteiger partial charge in [0.2, 0.25) is 0 Å². The Kier molecular flexibility index (Phi) is 4.12. The quantitative estimate of drug-likeness (QED) is 0.812. The van der Waals surface area contributed by atoms with Crippen molar-refractivity contribution in [3.05, 3.63) is 0 Å². The monoisotopic (exact) mass is 256 g/mol. The minimum Gasteiger partial charge on any atom is -0.376 e. The lowest BCUT2D eigenvalue weighted by Gasteiger charge is -2.40. The van der Waals surface area contributed by atoms with Gasteiger partial charge in [0.15, 0.2) is 0 Å². The second kappa shape index (κ2) is 5.45. The zero-order valence-electron chi connectivity index (χ0n) is 11.6. The first kappa shape index (κ1) is 13.6. The first-order valence-corrected chi connectivity index (χ1v) is 6.85. The highest BCUT2D eigenvalue weighted by Crippen LogP contribution is 2.21. The number of hydrogen-bond acceptors (Lipinski definition) is 3. The van der Waals surface area contributed by atoms with Crippen LogP contribution in [0.5, 0.6) is 0 Å². The minimum absolute atomic E-state index is 0.0142. The van der Waals surface area contributed by atoms with Crippen LogP contribution in [-0.4, -0.2) is 55.0 Å². The van der Waals surface area contributed by atoms with Gasteiger partial charge < -0.3 is 19.7 Å². The van der Waals surface area contributed by atoms with E-state index in [1.165, 1.54) is 0 Å². The summed E-state index contributed by atoms with van der Waals surface area (Å²) in [5, 5.41) is 3.07. The lowest BCUT2D eigenvalue weighted by molar-refractivity contribution is -0.0875. The number of carbonyl (C=O) groups is 1. The fourth-order valence-electron chi connectivity index (χ4n) is 2.49. The predicted octanol–water partition coefficient (Wildman–Crippen LogP) is 1.37. The molecule has 2 amide bonds. The molecule has 0 saturated carbocycles. The molecule has 2 saturated heterocycles. The second-order valence-electron chi connectivity index (χ2n) is 5.49. The third-order valence-electron chi connectivity index (χ3n) is 4.06. The van der Waals surface area contributed by atoms with Gasteiger partial charge in [-0.2, -0.15) is 0 Å². The molecule has 2 aliphatic heterocycles. The summed E-state index contributed by atoms with van der Waals surface area (Å²) in [6, 6.07) is 0.161. The summed E-state index contributed by atoms with van der Waals surface area (Å²) >= 11 is 0. The number of rotatable bonds is 2. The molecule has 104 valence electrons. The molecule has 0 unspecified atom stereocenters. The molecule has 0 aromatic rings. The first-order valence-electron chi connectivity index (χ1n) is 6.85. The Labute approximate surface area is 109 Å². The lowest BCUT2D eigenvalue weighted by atomic mass is 10.0. The van der Waals surface area contributed by atoms with E-state index in [-0.39, 0.29) is 23.8 Å². The second-order valence-corrected chi connectivity index (χ2v) is 5.49. The van der Waals surface area contributed by atoms with Crippen LogP contribution >= 0.6 is 0 Å². The van der Waals surface area contributed by atoms with E-state index in [0.717, 1.165) is 19.4 Å². The highest BCUT2D eigenvalue weighted by molar-refractivity contribution is 5.74. The molecule has 0 aromatic heterocycles. The molecule has 0 spiro atoms. The van der Waals surface area contributed by atoms with E-state index in [1.54, 1.807) is 0 Å². The van der Waals surface area contributed by atoms with Crippen LogP contribution in [0.2, 0.25) is 0 Å². The third-order valence-corrected chi connectivity index (χ3v) is 4.06. The van der Waals surface area contributed by atoms with Crippen molar-refractivity contribution in [1.82, 2.24) is 10.2 Å². The SMILES string of the molecule is CC[C@]1(C)CN(C(=O)N[C@H]2CCO[C@@H]2C)CCO1. The highest BCUT2D eigenvalue weighted by Gasteiger charge is 2.34. The number of morpholine rings is 1. The molecular weight excluding hydrogens is 232 g/mol. The van der Waals surface area contributed by atoms with E-state index in [1.807, 2.05) is 11.8 Å². The normalized spacial score (nSPS) is 36.7. The molecule has 0 aliphatic carbocycles. The average Bonchev–Trinajstić information content (AvgIpc) is 2.75. The maximum Gasteiger partial charge on any atom is 0.317 e. The van der Waals surface area contributed by atoms with Gasteiger partial charge in [-0.25, -0.2) is 4.79 Å². The number of amides is 2. The van der Waals surface area contributed by atoms with Gasteiger partial charge in [0.05, 0.1) is 30.9 Å². The standard InChI is InChI=1S/C13H24N2O3/c1-4-13(3)9-15(6-8-18-13)12(16)14-11-5-7-17-10(11)2/h10-11H,4-9H2,1-3H3,(H,14,16)/t10-,11+,13-/m1/s1. The zero-order valence-corrected chi connectivity index (χ0v) is 11.6. The molecule has 1 N–H and O–H groups in total. The van der Waals surface area contributed by atoms with Crippen LogP contribution in [0.25, 0.3) is 0 Å². The van der Waals surface area contributed by atoms with Crippen LogP contribution in [0.15, 0.2) is 0 Å². The van der Waals surface area contributed by atoms with Gasteiger partial charge in [0.25, 0.3) is 0 Å². The molecule has 0 aromatic carbocycles. The molecule has 3 atom stereocenters. The summed E-state index contributed by atoms with van der Waals surface area (Å²) < 4.78 is 11.2. The zero-order chi connectivity index (χ0) is 13.2. The van der Waals surface area contributed by atoms with Crippen LogP contribution in [0.4, 0.5) is 4.79 Å². The van der Waals surface area contributed by atoms with Gasteiger partial charge in [-0.15, -0.1) is 0 Å². The number of carbonyl (C=O) groups excluding carboxylic acids is 1. The van der Waals surface area contributed by atoms with Gasteiger partial charge in [-0.05, 0) is 26.7 Å². The van der Waals surface area contributed by atoms with Gasteiger partial charge in [-0.1, -0.05) is 6.92 Å². The van der Waals surface area contributed by atoms with E-state index in [2.05, 4.69) is 19.2 Å². The molecule has 5 nitrogen and oxygen atoms in total. The average molecular weight is 256 g/mol. The molecule has 2 rings (SSSR count). The van der Waals surface area contributed by atoms with Gasteiger partial charge in [0, 0.05) is 13.2 Å². The smallest absolute Gasteiger partial charge is 0.317 e. The van der Waals surface area contributed by atoms with Crippen molar-refractivity contribution in [1.29, 1.82) is 0 Å². The van der Waals surface area contributed by atoms with E-state index in [9.17, 15) is 4.79 Å². The van der Waals surface area contributed by atoms with Crippen molar-refractivity contribution >= 4 is 6.03 Å². The Morgan fingerprint density at radius 3 is 2.89 bits per heavy atom. The van der Waals surface area contributed by atoms with Crippen molar-refractivity contribution in [3.63, 3.8) is 0 Å². The van der Waals surface area contributed by atoms with Crippen LogP contribution in [0.1, 0.15) is 33.6 Å². The Bertz CT molecular complexity index is 311. The Morgan fingerprint density at radius 1 is 1.50 bits per heavy atom. The van der Waals surface area contributed by atoms with E-state index in [4.69, 9.17) is 9.47 Å². The topological polar surface area (TPSA) is 50.8 Å². The van der Waals surface area contributed by atoms with Crippen LogP contribution < -0.4 is 5.32 Å². The number of nitrogens with zero attached hydrogens (tertiary/aromatic N) is 1. The number of ether oxygens (including phenoxy) is 2. The van der Waals surface area contributed by atoms with Crippen molar-refractivity contribution < 1.29 is 14.3 Å². The van der Waals surface area contributed by atoms with E-state index < -0.39 is 0 Å². The maximum absolute atomic E-state index is 12.2. The molecule has 18 heavy (non-hydrogen) atoms. The summed E-state index contributed by atoms with van der Waals surface area (Å²) in [4.78, 5) is 14.1. The highest BCUT2D eigenvalue weighted by atomic mass is 16.5. The molecule has 2 heterocycles. The molecule has 5 heteroatoms. The Morgan fingerprint density at radius 2 is 2.28 bits per heavy atom. The summed E-state index contributed by atoms with van der Waals surface area (Å²) in [7, 11) is 0. The lowest BCUT2D eigenvalue weighted by Crippen LogP contribution is -2.56. The first-order chi connectivity index (χ1) is 8.54. The fraction of sp³-hybridized carbons (Fsp3) is 0.923. The van der Waals surface area contributed by atoms with Crippen molar-refractivity contribution in [3.8, 4) is 0 Å². The van der Waals surface area contributed by atoms with Crippen LogP contribution in [-0.2, 0) is 9.47 Å². The third kappa shape index (κ3) is 2.95. The Hall–Kier alpha value is -0.810. The molecule has 2 aliphatic rings. The van der Waals surface area contributed by atoms with Crippen molar-refractivity contribution in [2.75, 3.05) is 26.3 Å². The van der Waals surface area contributed by atoms with Gasteiger partial charge >= 0.3 is 6.03 Å². The summed E-state index contributed by atoms with van der Waals surface area (Å²) in [5.41, 5.74) is -0.201. The number of nitrogens with one attached hydrogen (secondary N) is 1. The summed E-state index contributed by atoms with van der Waals surface area (Å²) in [6.45, 7) is 8.85. The van der Waals surface area contributed by atoms with Crippen LogP contribution in [0, 0.1) is 0 Å². The summed E-state index contributed by atoms with van der Waals surface area (Å²) in [5.74, 6) is 0. The fourth-order valence-corrected chi connectivity index (χ4v) is 2.49. The predicted molar refractivity (Wildman–Crippen MR) is 68.6 cm³/mol. The maximum atomic E-state index is 12.2. The minimum atomic E-state index is -0.201. The van der Waals surface area contributed by atoms with Crippen molar-refractivity contribution in [2.24, 2.45) is 0 Å². The number of hydrogen-bond donors (Lipinski definition) is 1. The molecule has 2 fully saturated rings. The molecule has 0 radical (unpaired) electrons. The summed E-state index contributed by atoms with van der Waals surface area (Å²) in [6.07, 6.45) is 1.94. The van der Waals surface area contributed by atoms with Gasteiger partial charge in [-0.3, -0.25) is 0 Å². The van der Waals surface area contributed by atoms with E-state index >= 15 is 0 Å². The van der Waals surface area contributed by atoms with Crippen molar-refractivity contribution in [2.45, 2.75) is 51.4 Å². The van der Waals surface area contributed by atoms with Crippen LogP contribution in [0.3, 0.4) is 0 Å². The molecular formula is C13H24N2O3. The molecule has 0 bridgehead atoms.